The molecule has 1 heterocycles. The molecule has 2 radical (unpaired) electrons. The molecule has 0 fully saturated rings. The Bertz CT molecular complexity index is 248. The molecule has 0 bridgehead atoms. The van der Waals surface area contributed by atoms with E-state index in [1.165, 1.54) is 25.0 Å². The van der Waals surface area contributed by atoms with Crippen molar-refractivity contribution in [2.45, 2.75) is 39.2 Å². The van der Waals surface area contributed by atoms with E-state index < -0.39 is 0 Å². The summed E-state index contributed by atoms with van der Waals surface area (Å²) in [4.78, 5) is 2.33. The molecule has 0 aromatic rings. The van der Waals surface area contributed by atoms with Crippen molar-refractivity contribution in [2.24, 2.45) is 0 Å². The largest absolute Gasteiger partial charge is 0.287 e. The van der Waals surface area contributed by atoms with Gasteiger partial charge >= 0.3 is 0 Å². The Kier molecular flexibility index (Phi) is 2.54. The molecule has 1 aliphatic carbocycles. The van der Waals surface area contributed by atoms with E-state index in [-0.39, 0.29) is 0 Å². The second-order valence-electron chi connectivity index (χ2n) is 4.13. The lowest BCUT2D eigenvalue weighted by Gasteiger charge is -2.23. The third-order valence-corrected chi connectivity index (χ3v) is 2.79. The SMILES string of the molecule is CC(C)N1[C]C2=C(CC=C2)CCC1. The van der Waals surface area contributed by atoms with Crippen LogP contribution in [0.1, 0.15) is 33.1 Å². The molecule has 13 heavy (non-hydrogen) atoms. The molecule has 0 saturated carbocycles. The molecule has 1 nitrogen and oxygen atoms in total. The van der Waals surface area contributed by atoms with Crippen LogP contribution in [0.4, 0.5) is 0 Å². The predicted molar refractivity (Wildman–Crippen MR) is 55.1 cm³/mol. The molecule has 0 unspecified atom stereocenters. The molecule has 2 rings (SSSR count). The highest BCUT2D eigenvalue weighted by Crippen LogP contribution is 2.29. The Morgan fingerprint density at radius 3 is 3.08 bits per heavy atom. The molecule has 0 aromatic heterocycles. The first-order chi connectivity index (χ1) is 6.27. The number of nitrogens with zero attached hydrogens (tertiary/aromatic N) is 1. The van der Waals surface area contributed by atoms with Crippen molar-refractivity contribution >= 4 is 0 Å². The van der Waals surface area contributed by atoms with Gasteiger partial charge in [0.25, 0.3) is 0 Å². The maximum Gasteiger partial charge on any atom is 0.0965 e. The maximum absolute atomic E-state index is 3.50. The van der Waals surface area contributed by atoms with Crippen LogP contribution in [0.2, 0.25) is 0 Å². The van der Waals surface area contributed by atoms with Gasteiger partial charge in [0, 0.05) is 6.04 Å². The molecule has 1 aliphatic heterocycles. The average molecular weight is 175 g/mol. The number of hydrogen-bond donors (Lipinski definition) is 0. The van der Waals surface area contributed by atoms with Crippen LogP contribution in [0, 0.1) is 6.54 Å². The van der Waals surface area contributed by atoms with Gasteiger partial charge in [-0.3, -0.25) is 4.90 Å². The molecule has 0 N–H and O–H groups in total. The van der Waals surface area contributed by atoms with Gasteiger partial charge in [-0.15, -0.1) is 0 Å². The number of allylic oxidation sites excluding steroid dienone is 2. The lowest BCUT2D eigenvalue weighted by Crippen LogP contribution is -2.28. The summed E-state index contributed by atoms with van der Waals surface area (Å²) in [5, 5.41) is 0. The third kappa shape index (κ3) is 1.86. The lowest BCUT2D eigenvalue weighted by atomic mass is 10.1. The number of rotatable bonds is 1. The highest BCUT2D eigenvalue weighted by molar-refractivity contribution is 5.39. The monoisotopic (exact) mass is 175 g/mol. The second kappa shape index (κ2) is 3.67. The van der Waals surface area contributed by atoms with E-state index >= 15 is 0 Å². The van der Waals surface area contributed by atoms with Gasteiger partial charge in [0.2, 0.25) is 0 Å². The minimum Gasteiger partial charge on any atom is -0.287 e. The van der Waals surface area contributed by atoms with Crippen LogP contribution in [0.5, 0.6) is 0 Å². The van der Waals surface area contributed by atoms with Gasteiger partial charge in [0.05, 0.1) is 6.54 Å². The average Bonchev–Trinajstić information content (AvgIpc) is 2.42. The van der Waals surface area contributed by atoms with E-state index in [4.69, 9.17) is 0 Å². The first kappa shape index (κ1) is 9.01. The fraction of sp³-hybridized carbons (Fsp3) is 0.583. The van der Waals surface area contributed by atoms with E-state index in [1.807, 2.05) is 0 Å². The van der Waals surface area contributed by atoms with Gasteiger partial charge in [-0.1, -0.05) is 17.7 Å². The van der Waals surface area contributed by atoms with E-state index in [9.17, 15) is 0 Å². The Hall–Kier alpha value is -0.560. The minimum absolute atomic E-state index is 0.584. The number of hydrogen-bond acceptors (Lipinski definition) is 1. The first-order valence-corrected chi connectivity index (χ1v) is 5.19. The fourth-order valence-electron chi connectivity index (χ4n) is 1.96. The van der Waals surface area contributed by atoms with Crippen molar-refractivity contribution in [1.82, 2.24) is 4.90 Å². The fourth-order valence-corrected chi connectivity index (χ4v) is 1.96. The molecule has 0 aromatic carbocycles. The highest BCUT2D eigenvalue weighted by Gasteiger charge is 2.19. The zero-order chi connectivity index (χ0) is 9.26. The van der Waals surface area contributed by atoms with Crippen LogP contribution >= 0.6 is 0 Å². The van der Waals surface area contributed by atoms with Crippen molar-refractivity contribution in [3.05, 3.63) is 29.8 Å². The summed E-state index contributed by atoms with van der Waals surface area (Å²) in [5.74, 6) is 0. The van der Waals surface area contributed by atoms with Crippen LogP contribution in [0.15, 0.2) is 23.3 Å². The van der Waals surface area contributed by atoms with E-state index in [0.717, 1.165) is 6.42 Å². The van der Waals surface area contributed by atoms with Gasteiger partial charge in [0.1, 0.15) is 0 Å². The van der Waals surface area contributed by atoms with Crippen LogP contribution in [-0.4, -0.2) is 17.5 Å². The van der Waals surface area contributed by atoms with E-state index in [1.54, 1.807) is 5.57 Å². The molecular formula is C12H17N. The molecule has 0 atom stereocenters. The summed E-state index contributed by atoms with van der Waals surface area (Å²) >= 11 is 0. The molecule has 1 heteroatoms. The van der Waals surface area contributed by atoms with Crippen LogP contribution in [-0.2, 0) is 0 Å². The van der Waals surface area contributed by atoms with Crippen LogP contribution in [0.25, 0.3) is 0 Å². The van der Waals surface area contributed by atoms with Crippen LogP contribution < -0.4 is 0 Å². The van der Waals surface area contributed by atoms with Gasteiger partial charge < -0.3 is 0 Å². The third-order valence-electron chi connectivity index (χ3n) is 2.79. The molecule has 2 aliphatic rings. The van der Waals surface area contributed by atoms with Crippen molar-refractivity contribution < 1.29 is 0 Å². The van der Waals surface area contributed by atoms with Gasteiger partial charge in [-0.05, 0) is 45.2 Å². The summed E-state index contributed by atoms with van der Waals surface area (Å²) < 4.78 is 0. The summed E-state index contributed by atoms with van der Waals surface area (Å²) in [6.45, 7) is 9.14. The quantitative estimate of drug-likeness (QED) is 0.592. The zero-order valence-corrected chi connectivity index (χ0v) is 8.51. The molecule has 0 spiro atoms. The smallest absolute Gasteiger partial charge is 0.0965 e. The van der Waals surface area contributed by atoms with Crippen molar-refractivity contribution in [1.29, 1.82) is 0 Å². The van der Waals surface area contributed by atoms with E-state index in [0.29, 0.717) is 6.04 Å². The molecule has 0 amide bonds. The summed E-state index contributed by atoms with van der Waals surface area (Å²) in [5.41, 5.74) is 2.94. The predicted octanol–water partition coefficient (Wildman–Crippen LogP) is 2.79. The summed E-state index contributed by atoms with van der Waals surface area (Å²) in [6.07, 6.45) is 8.18. The van der Waals surface area contributed by atoms with Crippen molar-refractivity contribution in [3.8, 4) is 0 Å². The minimum atomic E-state index is 0.584. The van der Waals surface area contributed by atoms with Crippen molar-refractivity contribution in [2.75, 3.05) is 6.54 Å². The second-order valence-corrected chi connectivity index (χ2v) is 4.13. The maximum atomic E-state index is 3.50. The Morgan fingerprint density at radius 1 is 1.46 bits per heavy atom. The summed E-state index contributed by atoms with van der Waals surface area (Å²) in [7, 11) is 0. The topological polar surface area (TPSA) is 3.24 Å². The molecular weight excluding hydrogens is 158 g/mol. The van der Waals surface area contributed by atoms with Gasteiger partial charge in [0.15, 0.2) is 0 Å². The Labute approximate surface area is 81.1 Å². The lowest BCUT2D eigenvalue weighted by molar-refractivity contribution is 0.285. The summed E-state index contributed by atoms with van der Waals surface area (Å²) in [6, 6.07) is 0.584. The van der Waals surface area contributed by atoms with Gasteiger partial charge in [-0.25, -0.2) is 0 Å². The highest BCUT2D eigenvalue weighted by atomic mass is 15.1. The molecule has 0 saturated heterocycles. The Morgan fingerprint density at radius 2 is 2.31 bits per heavy atom. The van der Waals surface area contributed by atoms with Crippen LogP contribution in [0.3, 0.4) is 0 Å². The standard InChI is InChI=1S/C12H17N/c1-10(2)13-8-4-7-11-5-3-6-12(11)9-13/h3,6,10H,4-5,7-8H2,1-2H3. The van der Waals surface area contributed by atoms with Gasteiger partial charge in [-0.2, -0.15) is 0 Å². The van der Waals surface area contributed by atoms with E-state index in [2.05, 4.69) is 37.4 Å². The zero-order valence-electron chi connectivity index (χ0n) is 8.51. The van der Waals surface area contributed by atoms with Crippen molar-refractivity contribution in [3.63, 3.8) is 0 Å². The Balaban J connectivity index is 2.10. The molecule has 70 valence electrons. The normalized spacial score (nSPS) is 23.9. The first-order valence-electron chi connectivity index (χ1n) is 5.19.